The minimum Gasteiger partial charge on any atom is -0.359 e. The first-order valence-electron chi connectivity index (χ1n) is 6.30. The summed E-state index contributed by atoms with van der Waals surface area (Å²) < 4.78 is 0. The van der Waals surface area contributed by atoms with Crippen LogP contribution in [0.3, 0.4) is 0 Å². The number of carbonyl (C=O) groups excluding carboxylic acids is 2. The molecule has 5 heteroatoms. The van der Waals surface area contributed by atoms with Crippen molar-refractivity contribution in [3.8, 4) is 0 Å². The van der Waals surface area contributed by atoms with Gasteiger partial charge in [0.15, 0.2) is 0 Å². The molecule has 2 rings (SSSR count). The Balaban J connectivity index is 1.68. The van der Waals surface area contributed by atoms with Crippen LogP contribution in [0.4, 0.5) is 0 Å². The Kier molecular flexibility index (Phi) is 4.02. The summed E-state index contributed by atoms with van der Waals surface area (Å²) >= 11 is 0. The largest absolute Gasteiger partial charge is 0.359 e. The second kappa shape index (κ2) is 5.71. The highest BCUT2D eigenvalue weighted by Crippen LogP contribution is 2.09. The average molecular weight is 248 g/mol. The van der Waals surface area contributed by atoms with E-state index >= 15 is 0 Å². The Morgan fingerprint density at radius 3 is 3.06 bits per heavy atom. The lowest BCUT2D eigenvalue weighted by Gasteiger charge is -2.15. The zero-order chi connectivity index (χ0) is 13.0. The van der Waals surface area contributed by atoms with Crippen molar-refractivity contribution in [3.63, 3.8) is 0 Å². The summed E-state index contributed by atoms with van der Waals surface area (Å²) in [6.45, 7) is 4.03. The molecular formula is C13H18N3O2. The highest BCUT2D eigenvalue weighted by molar-refractivity contribution is 5.95. The van der Waals surface area contributed by atoms with Gasteiger partial charge in [0.25, 0.3) is 5.91 Å². The lowest BCUT2D eigenvalue weighted by atomic mass is 10.2. The molecule has 0 saturated carbocycles. The molecule has 0 aliphatic carbocycles. The molecule has 97 valence electrons. The van der Waals surface area contributed by atoms with E-state index in [1.54, 1.807) is 6.20 Å². The predicted molar refractivity (Wildman–Crippen MR) is 67.1 cm³/mol. The first-order valence-corrected chi connectivity index (χ1v) is 6.30. The van der Waals surface area contributed by atoms with Crippen LogP contribution in [0.1, 0.15) is 35.2 Å². The van der Waals surface area contributed by atoms with Crippen molar-refractivity contribution in [3.05, 3.63) is 23.5 Å². The highest BCUT2D eigenvalue weighted by atomic mass is 16.2. The van der Waals surface area contributed by atoms with Crippen LogP contribution in [0.5, 0.6) is 0 Å². The molecule has 1 aliphatic rings. The van der Waals surface area contributed by atoms with E-state index in [-0.39, 0.29) is 11.8 Å². The number of hydrogen-bond donors (Lipinski definition) is 2. The van der Waals surface area contributed by atoms with E-state index in [1.165, 1.54) is 0 Å². The van der Waals surface area contributed by atoms with Gasteiger partial charge in [-0.2, -0.15) is 0 Å². The molecule has 2 heterocycles. The number of nitrogens with one attached hydrogen (secondary N) is 2. The van der Waals surface area contributed by atoms with E-state index in [0.29, 0.717) is 18.5 Å². The third-order valence-corrected chi connectivity index (χ3v) is 3.19. The molecule has 5 nitrogen and oxygen atoms in total. The van der Waals surface area contributed by atoms with Crippen LogP contribution < -0.4 is 5.32 Å². The molecule has 1 aromatic rings. The molecule has 1 fully saturated rings. The molecular weight excluding hydrogens is 230 g/mol. The molecule has 18 heavy (non-hydrogen) atoms. The number of likely N-dealkylation sites (tertiary alicyclic amines) is 1. The molecule has 2 amide bonds. The maximum absolute atomic E-state index is 11.8. The maximum Gasteiger partial charge on any atom is 0.253 e. The number of hydrogen-bond acceptors (Lipinski definition) is 2. The lowest BCUT2D eigenvalue weighted by Crippen LogP contribution is -2.30. The van der Waals surface area contributed by atoms with Crippen molar-refractivity contribution in [2.75, 3.05) is 19.6 Å². The van der Waals surface area contributed by atoms with E-state index in [2.05, 4.69) is 16.5 Å². The number of aromatic amines is 1. The first kappa shape index (κ1) is 12.7. The molecule has 0 atom stereocenters. The van der Waals surface area contributed by atoms with Crippen molar-refractivity contribution in [2.45, 2.75) is 26.2 Å². The van der Waals surface area contributed by atoms with Crippen molar-refractivity contribution in [1.82, 2.24) is 15.2 Å². The summed E-state index contributed by atoms with van der Waals surface area (Å²) in [4.78, 5) is 27.8. The van der Waals surface area contributed by atoms with E-state index in [1.807, 2.05) is 11.8 Å². The van der Waals surface area contributed by atoms with E-state index in [4.69, 9.17) is 0 Å². The summed E-state index contributed by atoms with van der Waals surface area (Å²) in [5.41, 5.74) is 1.45. The second-order valence-electron chi connectivity index (χ2n) is 4.55. The third kappa shape index (κ3) is 2.91. The fraction of sp³-hybridized carbons (Fsp3) is 0.538. The summed E-state index contributed by atoms with van der Waals surface area (Å²) in [7, 11) is 0. The molecule has 0 spiro atoms. The summed E-state index contributed by atoms with van der Waals surface area (Å²) in [5, 5.41) is 2.85. The van der Waals surface area contributed by atoms with Crippen LogP contribution in [0.15, 0.2) is 6.20 Å². The lowest BCUT2D eigenvalue weighted by molar-refractivity contribution is -0.127. The monoisotopic (exact) mass is 248 g/mol. The van der Waals surface area contributed by atoms with E-state index in [0.717, 1.165) is 31.5 Å². The zero-order valence-electron chi connectivity index (χ0n) is 10.6. The van der Waals surface area contributed by atoms with Gasteiger partial charge in [-0.1, -0.05) is 0 Å². The smallest absolute Gasteiger partial charge is 0.253 e. The number of aromatic nitrogens is 1. The fourth-order valence-corrected chi connectivity index (χ4v) is 2.14. The quantitative estimate of drug-likeness (QED) is 0.759. The Bertz CT molecular complexity index is 439. The molecule has 0 aromatic carbocycles. The number of amides is 2. The van der Waals surface area contributed by atoms with Gasteiger partial charge in [-0.3, -0.25) is 9.59 Å². The highest BCUT2D eigenvalue weighted by Gasteiger charge is 2.19. The third-order valence-electron chi connectivity index (χ3n) is 3.19. The molecule has 2 N–H and O–H groups in total. The molecule has 1 aromatic heterocycles. The molecule has 1 aliphatic heterocycles. The summed E-state index contributed by atoms with van der Waals surface area (Å²) in [6, 6.07) is 0. The van der Waals surface area contributed by atoms with Crippen molar-refractivity contribution in [2.24, 2.45) is 0 Å². The number of H-pyrrole nitrogens is 1. The Labute approximate surface area is 107 Å². The minimum absolute atomic E-state index is 0.0854. The Morgan fingerprint density at radius 2 is 2.44 bits per heavy atom. The first-order chi connectivity index (χ1) is 8.68. The van der Waals surface area contributed by atoms with Crippen LogP contribution in [0.2, 0.25) is 0 Å². The summed E-state index contributed by atoms with van der Waals surface area (Å²) in [5.74, 6) is 0.148. The fourth-order valence-electron chi connectivity index (χ4n) is 2.14. The van der Waals surface area contributed by atoms with Crippen molar-refractivity contribution in [1.29, 1.82) is 0 Å². The number of nitrogens with zero attached hydrogens (tertiary/aromatic N) is 1. The van der Waals surface area contributed by atoms with Crippen LogP contribution in [-0.2, 0) is 4.79 Å². The van der Waals surface area contributed by atoms with Crippen LogP contribution in [0, 0.1) is 13.1 Å². The minimum atomic E-state index is -0.0854. The Hall–Kier alpha value is -1.78. The van der Waals surface area contributed by atoms with Gasteiger partial charge in [0.05, 0.1) is 11.8 Å². The van der Waals surface area contributed by atoms with Gasteiger partial charge in [-0.15, -0.1) is 0 Å². The zero-order valence-corrected chi connectivity index (χ0v) is 10.6. The summed E-state index contributed by atoms with van der Waals surface area (Å²) in [6.07, 6.45) is 6.93. The van der Waals surface area contributed by atoms with Crippen molar-refractivity contribution < 1.29 is 9.59 Å². The number of rotatable bonds is 5. The molecule has 1 saturated heterocycles. The van der Waals surface area contributed by atoms with E-state index in [9.17, 15) is 9.59 Å². The standard InChI is InChI=1S/C13H18N3O2/c1-10-8-14-9-11(10)13(18)15-5-3-7-16-6-2-4-12(16)17/h9,14H,2-7H2,1H3,(H,15,18). The maximum atomic E-state index is 11.8. The van der Waals surface area contributed by atoms with Crippen LogP contribution >= 0.6 is 0 Å². The number of aryl methyl sites for hydroxylation is 1. The molecule has 0 bridgehead atoms. The molecule has 0 unspecified atom stereocenters. The van der Waals surface area contributed by atoms with Gasteiger partial charge >= 0.3 is 0 Å². The number of carbonyl (C=O) groups is 2. The second-order valence-corrected chi connectivity index (χ2v) is 4.55. The van der Waals surface area contributed by atoms with Crippen molar-refractivity contribution >= 4 is 11.8 Å². The predicted octanol–water partition coefficient (Wildman–Crippen LogP) is 0.866. The van der Waals surface area contributed by atoms with Crippen LogP contribution in [-0.4, -0.2) is 41.3 Å². The Morgan fingerprint density at radius 1 is 1.61 bits per heavy atom. The van der Waals surface area contributed by atoms with Gasteiger partial charge in [0, 0.05) is 32.3 Å². The topological polar surface area (TPSA) is 65.2 Å². The SMILES string of the molecule is Cc1[c][nH]cc1C(=O)NCCCN1CCCC1=O. The van der Waals surface area contributed by atoms with Gasteiger partial charge in [0.2, 0.25) is 5.91 Å². The van der Waals surface area contributed by atoms with Gasteiger partial charge in [-0.25, -0.2) is 0 Å². The van der Waals surface area contributed by atoms with Gasteiger partial charge in [-0.05, 0) is 25.3 Å². The normalized spacial score (nSPS) is 15.2. The van der Waals surface area contributed by atoms with Gasteiger partial charge < -0.3 is 15.2 Å². The van der Waals surface area contributed by atoms with Crippen LogP contribution in [0.25, 0.3) is 0 Å². The average Bonchev–Trinajstić information content (AvgIpc) is 2.94. The van der Waals surface area contributed by atoms with E-state index < -0.39 is 0 Å². The molecule has 1 radical (unpaired) electrons. The van der Waals surface area contributed by atoms with Gasteiger partial charge in [0.1, 0.15) is 0 Å².